The lowest BCUT2D eigenvalue weighted by Gasteiger charge is -2.26. The van der Waals surface area contributed by atoms with E-state index in [1.54, 1.807) is 12.3 Å². The first-order valence-electron chi connectivity index (χ1n) is 7.44. The Balaban J connectivity index is 1.74. The van der Waals surface area contributed by atoms with Crippen LogP contribution in [0.4, 0.5) is 0 Å². The summed E-state index contributed by atoms with van der Waals surface area (Å²) in [5, 5.41) is 0.689. The number of rotatable bonds is 5. The van der Waals surface area contributed by atoms with Crippen LogP contribution < -0.4 is 0 Å². The summed E-state index contributed by atoms with van der Waals surface area (Å²) in [4.78, 5) is 14.5. The largest absolute Gasteiger partial charge is 0.467 e. The van der Waals surface area contributed by atoms with Crippen LogP contribution in [-0.4, -0.2) is 16.8 Å². The van der Waals surface area contributed by atoms with Gasteiger partial charge in [0.15, 0.2) is 0 Å². The molecule has 1 saturated carbocycles. The molecule has 1 unspecified atom stereocenters. The van der Waals surface area contributed by atoms with E-state index in [-0.39, 0.29) is 11.9 Å². The number of hydrogen-bond acceptors (Lipinski definition) is 2. The second-order valence-corrected chi connectivity index (χ2v) is 5.99. The fourth-order valence-electron chi connectivity index (χ4n) is 2.53. The van der Waals surface area contributed by atoms with Crippen molar-refractivity contribution in [3.05, 3.63) is 65.1 Å². The summed E-state index contributed by atoms with van der Waals surface area (Å²) in [6.45, 7) is 2.01. The normalized spacial score (nSPS) is 15.9. The maximum absolute atomic E-state index is 12.6. The number of benzene rings is 1. The minimum absolute atomic E-state index is 0.0151. The summed E-state index contributed by atoms with van der Waals surface area (Å²) in [5.74, 6) is 0.835. The van der Waals surface area contributed by atoms with E-state index in [0.717, 1.165) is 24.2 Å². The van der Waals surface area contributed by atoms with Crippen molar-refractivity contribution >= 4 is 23.6 Å². The van der Waals surface area contributed by atoms with Crippen LogP contribution in [0.1, 0.15) is 37.1 Å². The Morgan fingerprint density at radius 3 is 2.64 bits per heavy atom. The zero-order valence-corrected chi connectivity index (χ0v) is 13.2. The molecule has 0 spiro atoms. The molecule has 4 heteroatoms. The van der Waals surface area contributed by atoms with Crippen molar-refractivity contribution in [3.63, 3.8) is 0 Å². The lowest BCUT2D eigenvalue weighted by molar-refractivity contribution is -0.129. The van der Waals surface area contributed by atoms with Crippen LogP contribution in [-0.2, 0) is 4.79 Å². The number of halogens is 1. The summed E-state index contributed by atoms with van der Waals surface area (Å²) in [6.07, 6.45) is 7.21. The van der Waals surface area contributed by atoms with E-state index >= 15 is 0 Å². The zero-order chi connectivity index (χ0) is 15.5. The van der Waals surface area contributed by atoms with E-state index in [4.69, 9.17) is 16.0 Å². The van der Waals surface area contributed by atoms with Gasteiger partial charge in [0, 0.05) is 17.1 Å². The quantitative estimate of drug-likeness (QED) is 0.749. The van der Waals surface area contributed by atoms with Crippen LogP contribution >= 0.6 is 11.6 Å². The Bertz CT molecular complexity index is 657. The van der Waals surface area contributed by atoms with Gasteiger partial charge in [-0.05, 0) is 55.7 Å². The van der Waals surface area contributed by atoms with Gasteiger partial charge < -0.3 is 9.32 Å². The summed E-state index contributed by atoms with van der Waals surface area (Å²) in [5.41, 5.74) is 0.958. The molecule has 0 radical (unpaired) electrons. The lowest BCUT2D eigenvalue weighted by atomic mass is 10.2. The molecule has 1 aromatic carbocycles. The minimum atomic E-state index is -0.0510. The topological polar surface area (TPSA) is 33.5 Å². The van der Waals surface area contributed by atoms with Crippen molar-refractivity contribution in [2.45, 2.75) is 31.8 Å². The molecule has 0 N–H and O–H groups in total. The first-order chi connectivity index (χ1) is 10.6. The van der Waals surface area contributed by atoms with Crippen LogP contribution in [0.25, 0.3) is 6.08 Å². The van der Waals surface area contributed by atoms with Crippen LogP contribution in [0.3, 0.4) is 0 Å². The molecule has 2 aromatic rings. The predicted molar refractivity (Wildman–Crippen MR) is 87.5 cm³/mol. The summed E-state index contributed by atoms with van der Waals surface area (Å²) < 4.78 is 5.45. The molecule has 1 aliphatic carbocycles. The molecule has 1 fully saturated rings. The van der Waals surface area contributed by atoms with Crippen LogP contribution in [0.5, 0.6) is 0 Å². The van der Waals surface area contributed by atoms with E-state index in [9.17, 15) is 4.79 Å². The zero-order valence-electron chi connectivity index (χ0n) is 12.4. The molecule has 22 heavy (non-hydrogen) atoms. The first-order valence-corrected chi connectivity index (χ1v) is 7.82. The van der Waals surface area contributed by atoms with Crippen LogP contribution in [0.2, 0.25) is 5.02 Å². The number of carbonyl (C=O) groups excluding carboxylic acids is 1. The van der Waals surface area contributed by atoms with Gasteiger partial charge in [0.05, 0.1) is 12.3 Å². The van der Waals surface area contributed by atoms with Crippen molar-refractivity contribution in [2.75, 3.05) is 0 Å². The Hall–Kier alpha value is -2.00. The number of furan rings is 1. The molecule has 3 nitrogen and oxygen atoms in total. The summed E-state index contributed by atoms with van der Waals surface area (Å²) in [6, 6.07) is 11.5. The molecule has 1 amide bonds. The standard InChI is InChI=1S/C18H18ClNO2/c1-13(17-3-2-12-22-17)20(16-9-10-16)18(21)11-6-14-4-7-15(19)8-5-14/h2-8,11-13,16H,9-10H2,1H3/b11-6+. The van der Waals surface area contributed by atoms with Gasteiger partial charge in [-0.25, -0.2) is 0 Å². The second-order valence-electron chi connectivity index (χ2n) is 5.55. The highest BCUT2D eigenvalue weighted by Crippen LogP contribution is 2.34. The van der Waals surface area contributed by atoms with Gasteiger partial charge in [0.2, 0.25) is 5.91 Å². The third kappa shape index (κ3) is 3.42. The summed E-state index contributed by atoms with van der Waals surface area (Å²) in [7, 11) is 0. The number of carbonyl (C=O) groups is 1. The maximum atomic E-state index is 12.6. The maximum Gasteiger partial charge on any atom is 0.247 e. The fourth-order valence-corrected chi connectivity index (χ4v) is 2.66. The molecule has 0 bridgehead atoms. The van der Waals surface area contributed by atoms with Gasteiger partial charge in [0.25, 0.3) is 0 Å². The van der Waals surface area contributed by atoms with Gasteiger partial charge in [-0.2, -0.15) is 0 Å². The SMILES string of the molecule is CC(c1ccco1)N(C(=O)/C=C/c1ccc(Cl)cc1)C1CC1. The number of hydrogen-bond donors (Lipinski definition) is 0. The smallest absolute Gasteiger partial charge is 0.247 e. The van der Waals surface area contributed by atoms with Gasteiger partial charge in [0.1, 0.15) is 5.76 Å². The van der Waals surface area contributed by atoms with Crippen molar-refractivity contribution < 1.29 is 9.21 Å². The van der Waals surface area contributed by atoms with Gasteiger partial charge in [-0.15, -0.1) is 0 Å². The minimum Gasteiger partial charge on any atom is -0.467 e. The molecule has 1 heterocycles. The highest BCUT2D eigenvalue weighted by atomic mass is 35.5. The highest BCUT2D eigenvalue weighted by molar-refractivity contribution is 6.30. The monoisotopic (exact) mass is 315 g/mol. The molecule has 3 rings (SSSR count). The van der Waals surface area contributed by atoms with Crippen molar-refractivity contribution in [1.29, 1.82) is 0 Å². The molecule has 114 valence electrons. The van der Waals surface area contributed by atoms with Crippen molar-refractivity contribution in [2.24, 2.45) is 0 Å². The molecular formula is C18H18ClNO2. The number of amides is 1. The fraction of sp³-hybridized carbons (Fsp3) is 0.278. The van der Waals surface area contributed by atoms with Crippen LogP contribution in [0, 0.1) is 0 Å². The third-order valence-electron chi connectivity index (χ3n) is 3.86. The lowest BCUT2D eigenvalue weighted by Crippen LogP contribution is -2.34. The Kier molecular flexibility index (Phi) is 4.34. The Morgan fingerprint density at radius 2 is 2.05 bits per heavy atom. The van der Waals surface area contributed by atoms with Gasteiger partial charge in [-0.3, -0.25) is 4.79 Å². The predicted octanol–water partition coefficient (Wildman–Crippen LogP) is 4.70. The third-order valence-corrected chi connectivity index (χ3v) is 4.11. The van der Waals surface area contributed by atoms with Crippen LogP contribution in [0.15, 0.2) is 53.2 Å². The molecule has 1 aliphatic rings. The molecule has 0 saturated heterocycles. The second kappa shape index (κ2) is 6.41. The molecule has 1 aromatic heterocycles. The van der Waals surface area contributed by atoms with E-state index in [1.165, 1.54) is 0 Å². The molecular weight excluding hydrogens is 298 g/mol. The number of nitrogens with zero attached hydrogens (tertiary/aromatic N) is 1. The van der Waals surface area contributed by atoms with Crippen molar-refractivity contribution in [3.8, 4) is 0 Å². The Labute approximate surface area is 135 Å². The average Bonchev–Trinajstić information content (AvgIpc) is 3.18. The molecule has 0 aliphatic heterocycles. The van der Waals surface area contributed by atoms with E-state index in [0.29, 0.717) is 11.1 Å². The van der Waals surface area contributed by atoms with E-state index in [1.807, 2.05) is 54.3 Å². The molecule has 1 atom stereocenters. The van der Waals surface area contributed by atoms with E-state index < -0.39 is 0 Å². The highest BCUT2D eigenvalue weighted by Gasteiger charge is 2.36. The van der Waals surface area contributed by atoms with Gasteiger partial charge >= 0.3 is 0 Å². The van der Waals surface area contributed by atoms with Gasteiger partial charge in [-0.1, -0.05) is 23.7 Å². The van der Waals surface area contributed by atoms with Crippen molar-refractivity contribution in [1.82, 2.24) is 4.90 Å². The van der Waals surface area contributed by atoms with E-state index in [2.05, 4.69) is 0 Å². The summed E-state index contributed by atoms with van der Waals surface area (Å²) >= 11 is 5.86. The Morgan fingerprint density at radius 1 is 1.32 bits per heavy atom. The average molecular weight is 316 g/mol. The first kappa shape index (κ1) is 14.9.